The number of aryl methyl sites for hydroxylation is 1. The number of thiazole rings is 1. The molecule has 5 rings (SSSR count). The van der Waals surface area contributed by atoms with Crippen LogP contribution in [0.3, 0.4) is 0 Å². The number of hydrogen-bond donors (Lipinski definition) is 2. The van der Waals surface area contributed by atoms with Crippen molar-refractivity contribution in [3.05, 3.63) is 77.2 Å². The first kappa shape index (κ1) is 20.4. The second-order valence-corrected chi connectivity index (χ2v) is 8.91. The van der Waals surface area contributed by atoms with Crippen LogP contribution in [0, 0.1) is 6.92 Å². The number of pyridine rings is 2. The summed E-state index contributed by atoms with van der Waals surface area (Å²) in [4.78, 5) is 15.1. The summed E-state index contributed by atoms with van der Waals surface area (Å²) < 4.78 is 1.79. The van der Waals surface area contributed by atoms with Gasteiger partial charge in [-0.2, -0.15) is 5.10 Å². The molecule has 0 fully saturated rings. The van der Waals surface area contributed by atoms with E-state index in [1.807, 2.05) is 56.6 Å². The molecule has 1 atom stereocenters. The zero-order valence-electron chi connectivity index (χ0n) is 17.7. The Morgan fingerprint density at radius 1 is 1.09 bits per heavy atom. The van der Waals surface area contributed by atoms with Gasteiger partial charge in [0.1, 0.15) is 5.01 Å². The van der Waals surface area contributed by atoms with Crippen LogP contribution in [-0.4, -0.2) is 29.8 Å². The lowest BCUT2D eigenvalue weighted by atomic mass is 10.0. The summed E-state index contributed by atoms with van der Waals surface area (Å²) in [5.41, 5.74) is 11.2. The fourth-order valence-corrected chi connectivity index (χ4v) is 4.45. The minimum atomic E-state index is -0.157. The maximum atomic E-state index is 9.51. The van der Waals surface area contributed by atoms with Crippen molar-refractivity contribution >= 4 is 22.2 Å². The van der Waals surface area contributed by atoms with Gasteiger partial charge < -0.3 is 10.8 Å². The van der Waals surface area contributed by atoms with E-state index >= 15 is 0 Å². The van der Waals surface area contributed by atoms with Crippen molar-refractivity contribution in [3.8, 4) is 27.6 Å². The number of fused-ring (bicyclic) bond motifs is 1. The predicted molar refractivity (Wildman–Crippen MR) is 126 cm³/mol. The number of aromatic nitrogens is 5. The van der Waals surface area contributed by atoms with Gasteiger partial charge in [0.25, 0.3) is 0 Å². The van der Waals surface area contributed by atoms with E-state index in [9.17, 15) is 5.11 Å². The van der Waals surface area contributed by atoms with Crippen molar-refractivity contribution in [3.63, 3.8) is 0 Å². The van der Waals surface area contributed by atoms with Crippen molar-refractivity contribution < 1.29 is 5.11 Å². The van der Waals surface area contributed by atoms with Crippen LogP contribution in [0.5, 0.6) is 0 Å². The minimum Gasteiger partial charge on any atom is -0.390 e. The molecule has 5 aromatic rings. The van der Waals surface area contributed by atoms with Gasteiger partial charge in [0.15, 0.2) is 5.82 Å². The Labute approximate surface area is 189 Å². The number of aliphatic hydroxyl groups is 1. The maximum absolute atomic E-state index is 9.51. The van der Waals surface area contributed by atoms with Gasteiger partial charge in [0.2, 0.25) is 0 Å². The fraction of sp³-hybridized carbons (Fsp3) is 0.167. The molecule has 0 aliphatic heterocycles. The third-order valence-electron chi connectivity index (χ3n) is 5.24. The number of benzene rings is 1. The lowest BCUT2D eigenvalue weighted by Gasteiger charge is -2.11. The Morgan fingerprint density at radius 3 is 2.69 bits per heavy atom. The van der Waals surface area contributed by atoms with Gasteiger partial charge in [0, 0.05) is 33.6 Å². The zero-order valence-corrected chi connectivity index (χ0v) is 18.5. The first-order valence-electron chi connectivity index (χ1n) is 10.3. The zero-order chi connectivity index (χ0) is 22.2. The molecule has 8 heteroatoms. The van der Waals surface area contributed by atoms with Gasteiger partial charge in [0.05, 0.1) is 35.4 Å². The van der Waals surface area contributed by atoms with Gasteiger partial charge in [-0.25, -0.2) is 14.6 Å². The largest absolute Gasteiger partial charge is 0.390 e. The molecule has 0 bridgehead atoms. The highest BCUT2D eigenvalue weighted by Crippen LogP contribution is 2.36. The average molecular weight is 443 g/mol. The average Bonchev–Trinajstić information content (AvgIpc) is 3.45. The summed E-state index contributed by atoms with van der Waals surface area (Å²) in [6, 6.07) is 15.4. The van der Waals surface area contributed by atoms with Crippen molar-refractivity contribution in [2.75, 3.05) is 0 Å². The fourth-order valence-electron chi connectivity index (χ4n) is 3.65. The van der Waals surface area contributed by atoms with E-state index in [0.717, 1.165) is 43.3 Å². The minimum absolute atomic E-state index is 0.129. The standard InChI is InChI=1S/C24H22N6OS/c1-14-11-26-24(32-14)18-9-16(21-7-4-6-20(29-21)15(2)25)10-22-19(18)12-27-30(22)23-8-3-5-17(13-31)28-23/h3-12,15,31H,13,25H2,1-2H3. The molecule has 0 spiro atoms. The first-order chi connectivity index (χ1) is 15.5. The number of hydrogen-bond acceptors (Lipinski definition) is 7. The first-order valence-corrected chi connectivity index (χ1v) is 11.1. The number of nitrogens with zero attached hydrogens (tertiary/aromatic N) is 5. The summed E-state index contributed by atoms with van der Waals surface area (Å²) in [5.74, 6) is 0.641. The smallest absolute Gasteiger partial charge is 0.154 e. The lowest BCUT2D eigenvalue weighted by Crippen LogP contribution is -2.07. The summed E-state index contributed by atoms with van der Waals surface area (Å²) in [5, 5.41) is 16.0. The van der Waals surface area contributed by atoms with Crippen molar-refractivity contribution in [2.24, 2.45) is 5.73 Å². The van der Waals surface area contributed by atoms with E-state index < -0.39 is 0 Å². The molecular weight excluding hydrogens is 420 g/mol. The molecule has 0 amide bonds. The van der Waals surface area contributed by atoms with E-state index in [4.69, 9.17) is 10.7 Å². The van der Waals surface area contributed by atoms with Crippen LogP contribution < -0.4 is 5.73 Å². The highest BCUT2D eigenvalue weighted by molar-refractivity contribution is 7.15. The lowest BCUT2D eigenvalue weighted by molar-refractivity contribution is 0.276. The van der Waals surface area contributed by atoms with Gasteiger partial charge in [-0.3, -0.25) is 4.98 Å². The second kappa shape index (κ2) is 8.23. The van der Waals surface area contributed by atoms with E-state index in [0.29, 0.717) is 11.5 Å². The molecule has 0 aliphatic carbocycles. The van der Waals surface area contributed by atoms with Crippen molar-refractivity contribution in [1.82, 2.24) is 24.7 Å². The molecule has 1 unspecified atom stereocenters. The van der Waals surface area contributed by atoms with Crippen LogP contribution >= 0.6 is 11.3 Å². The third kappa shape index (κ3) is 3.69. The third-order valence-corrected chi connectivity index (χ3v) is 6.19. The quantitative estimate of drug-likeness (QED) is 0.417. The number of nitrogens with two attached hydrogens (primary N) is 1. The maximum Gasteiger partial charge on any atom is 0.154 e. The Bertz CT molecular complexity index is 1420. The van der Waals surface area contributed by atoms with Gasteiger partial charge >= 0.3 is 0 Å². The van der Waals surface area contributed by atoms with Crippen LogP contribution in [0.15, 0.2) is 60.9 Å². The summed E-state index contributed by atoms with van der Waals surface area (Å²) >= 11 is 1.64. The van der Waals surface area contributed by atoms with Crippen LogP contribution in [-0.2, 0) is 6.61 Å². The van der Waals surface area contributed by atoms with Crippen molar-refractivity contribution in [1.29, 1.82) is 0 Å². The van der Waals surface area contributed by atoms with E-state index in [1.165, 1.54) is 0 Å². The van der Waals surface area contributed by atoms with E-state index in [-0.39, 0.29) is 12.6 Å². The topological polar surface area (TPSA) is 103 Å². The van der Waals surface area contributed by atoms with Gasteiger partial charge in [-0.15, -0.1) is 11.3 Å². The van der Waals surface area contributed by atoms with Crippen molar-refractivity contribution in [2.45, 2.75) is 26.5 Å². The molecule has 4 aromatic heterocycles. The molecule has 0 aliphatic rings. The molecule has 32 heavy (non-hydrogen) atoms. The number of aliphatic hydroxyl groups excluding tert-OH is 1. The summed E-state index contributed by atoms with van der Waals surface area (Å²) in [6.07, 6.45) is 3.72. The molecule has 0 saturated carbocycles. The van der Waals surface area contributed by atoms with Gasteiger partial charge in [-0.1, -0.05) is 12.1 Å². The van der Waals surface area contributed by atoms with Crippen LogP contribution in [0.25, 0.3) is 38.5 Å². The van der Waals surface area contributed by atoms with E-state index in [2.05, 4.69) is 27.2 Å². The monoisotopic (exact) mass is 442 g/mol. The van der Waals surface area contributed by atoms with Crippen LogP contribution in [0.2, 0.25) is 0 Å². The molecule has 3 N–H and O–H groups in total. The molecule has 0 radical (unpaired) electrons. The summed E-state index contributed by atoms with van der Waals surface area (Å²) in [6.45, 7) is 3.84. The normalized spacial score (nSPS) is 12.4. The Morgan fingerprint density at radius 2 is 1.94 bits per heavy atom. The Balaban J connectivity index is 1.77. The molecule has 0 saturated heterocycles. The second-order valence-electron chi connectivity index (χ2n) is 7.67. The summed E-state index contributed by atoms with van der Waals surface area (Å²) in [7, 11) is 0. The molecule has 1 aromatic carbocycles. The van der Waals surface area contributed by atoms with Gasteiger partial charge in [-0.05, 0) is 50.2 Å². The Kier molecular flexibility index (Phi) is 5.26. The molecular formula is C24H22N6OS. The Hall–Kier alpha value is -3.46. The molecule has 7 nitrogen and oxygen atoms in total. The van der Waals surface area contributed by atoms with Crippen LogP contribution in [0.1, 0.15) is 29.2 Å². The van der Waals surface area contributed by atoms with Crippen LogP contribution in [0.4, 0.5) is 0 Å². The molecule has 4 heterocycles. The molecule has 160 valence electrons. The predicted octanol–water partition coefficient (Wildman–Crippen LogP) is 4.43. The SMILES string of the molecule is Cc1cnc(-c2cc(-c3cccc(C(C)N)n3)cc3c2cnn3-c2cccc(CO)n2)s1. The number of rotatable bonds is 5. The highest BCUT2D eigenvalue weighted by atomic mass is 32.1. The van der Waals surface area contributed by atoms with E-state index in [1.54, 1.807) is 22.1 Å². The highest BCUT2D eigenvalue weighted by Gasteiger charge is 2.17.